The Labute approximate surface area is 101 Å². The van der Waals surface area contributed by atoms with Gasteiger partial charge in [-0.1, -0.05) is 12.1 Å². The van der Waals surface area contributed by atoms with Crippen molar-refractivity contribution in [2.45, 2.75) is 20.3 Å². The molecule has 1 aromatic heterocycles. The molecule has 0 radical (unpaired) electrons. The first-order valence-electron chi connectivity index (χ1n) is 5.38. The zero-order chi connectivity index (χ0) is 11.5. The summed E-state index contributed by atoms with van der Waals surface area (Å²) in [4.78, 5) is 7.58. The van der Waals surface area contributed by atoms with E-state index in [1.807, 2.05) is 6.20 Å². The van der Waals surface area contributed by atoms with Crippen LogP contribution in [0.15, 0.2) is 24.4 Å². The minimum atomic E-state index is 0.597. The van der Waals surface area contributed by atoms with Gasteiger partial charge < -0.3 is 4.98 Å². The lowest BCUT2D eigenvalue weighted by Gasteiger charge is -2.02. The summed E-state index contributed by atoms with van der Waals surface area (Å²) in [5.41, 5.74) is 4.84. The van der Waals surface area contributed by atoms with E-state index in [0.29, 0.717) is 5.88 Å². The second-order valence-electron chi connectivity index (χ2n) is 3.98. The Morgan fingerprint density at radius 2 is 2.06 bits per heavy atom. The topological polar surface area (TPSA) is 28.7 Å². The first-order chi connectivity index (χ1) is 7.70. The Morgan fingerprint density at radius 1 is 1.25 bits per heavy atom. The van der Waals surface area contributed by atoms with Crippen LogP contribution in [0.4, 0.5) is 0 Å². The number of halogens is 1. The number of aromatic amines is 1. The molecule has 2 aromatic rings. The maximum atomic E-state index is 5.68. The van der Waals surface area contributed by atoms with E-state index < -0.39 is 0 Å². The fourth-order valence-corrected chi connectivity index (χ4v) is 1.81. The average molecular weight is 235 g/mol. The molecule has 1 heterocycles. The van der Waals surface area contributed by atoms with Gasteiger partial charge in [-0.05, 0) is 36.6 Å². The Hall–Kier alpha value is -1.28. The third-order valence-electron chi connectivity index (χ3n) is 2.78. The van der Waals surface area contributed by atoms with Crippen molar-refractivity contribution in [3.8, 4) is 11.3 Å². The number of nitrogens with zero attached hydrogens (tertiary/aromatic N) is 1. The maximum absolute atomic E-state index is 5.68. The fraction of sp³-hybridized carbons (Fsp3) is 0.308. The average Bonchev–Trinajstić information content (AvgIpc) is 2.71. The largest absolute Gasteiger partial charge is 0.342 e. The van der Waals surface area contributed by atoms with E-state index >= 15 is 0 Å². The van der Waals surface area contributed by atoms with Gasteiger partial charge in [0.1, 0.15) is 5.82 Å². The molecule has 0 saturated carbocycles. The molecule has 0 saturated heterocycles. The van der Waals surface area contributed by atoms with Crippen LogP contribution in [0.2, 0.25) is 0 Å². The summed E-state index contributed by atoms with van der Waals surface area (Å²) in [5, 5.41) is 0. The lowest BCUT2D eigenvalue weighted by atomic mass is 10.1. The number of aryl methyl sites for hydroxylation is 3. The highest BCUT2D eigenvalue weighted by Crippen LogP contribution is 2.20. The van der Waals surface area contributed by atoms with Gasteiger partial charge in [-0.3, -0.25) is 0 Å². The van der Waals surface area contributed by atoms with Gasteiger partial charge in [0.05, 0.1) is 11.9 Å². The summed E-state index contributed by atoms with van der Waals surface area (Å²) in [6.07, 6.45) is 2.65. The summed E-state index contributed by atoms with van der Waals surface area (Å²) < 4.78 is 0. The van der Waals surface area contributed by atoms with Crippen LogP contribution < -0.4 is 0 Å². The van der Waals surface area contributed by atoms with Crippen LogP contribution >= 0.6 is 11.6 Å². The second kappa shape index (κ2) is 4.71. The summed E-state index contributed by atoms with van der Waals surface area (Å²) in [7, 11) is 0. The van der Waals surface area contributed by atoms with Crippen molar-refractivity contribution in [1.29, 1.82) is 0 Å². The minimum Gasteiger partial charge on any atom is -0.342 e. The molecular formula is C13H15ClN2. The molecule has 0 aliphatic heterocycles. The molecule has 1 aromatic carbocycles. The lowest BCUT2D eigenvalue weighted by molar-refractivity contribution is 0.997. The summed E-state index contributed by atoms with van der Waals surface area (Å²) in [6, 6.07) is 6.42. The van der Waals surface area contributed by atoms with Crippen LogP contribution in [-0.4, -0.2) is 15.8 Å². The monoisotopic (exact) mass is 234 g/mol. The highest BCUT2D eigenvalue weighted by molar-refractivity contribution is 6.17. The third kappa shape index (κ3) is 2.27. The molecule has 3 heteroatoms. The Bertz CT molecular complexity index is 488. The fourth-order valence-electron chi connectivity index (χ4n) is 1.63. The van der Waals surface area contributed by atoms with Crippen molar-refractivity contribution in [2.24, 2.45) is 0 Å². The van der Waals surface area contributed by atoms with Crippen molar-refractivity contribution in [2.75, 3.05) is 5.88 Å². The highest BCUT2D eigenvalue weighted by Gasteiger charge is 2.03. The Morgan fingerprint density at radius 3 is 2.75 bits per heavy atom. The number of nitrogens with one attached hydrogen (secondary N) is 1. The van der Waals surface area contributed by atoms with Crippen molar-refractivity contribution in [3.05, 3.63) is 41.3 Å². The second-order valence-corrected chi connectivity index (χ2v) is 4.36. The molecular weight excluding hydrogens is 220 g/mol. The number of benzene rings is 1. The number of rotatable bonds is 3. The van der Waals surface area contributed by atoms with E-state index in [1.165, 1.54) is 16.7 Å². The van der Waals surface area contributed by atoms with Crippen LogP contribution in [0.1, 0.15) is 17.0 Å². The maximum Gasteiger partial charge on any atom is 0.107 e. The van der Waals surface area contributed by atoms with Crippen LogP contribution in [0.3, 0.4) is 0 Å². The first-order valence-corrected chi connectivity index (χ1v) is 5.91. The minimum absolute atomic E-state index is 0.597. The molecule has 0 bridgehead atoms. The first kappa shape index (κ1) is 11.2. The molecule has 0 aliphatic carbocycles. The zero-order valence-corrected chi connectivity index (χ0v) is 10.3. The summed E-state index contributed by atoms with van der Waals surface area (Å²) >= 11 is 5.68. The predicted octanol–water partition coefficient (Wildman–Crippen LogP) is 3.47. The number of hydrogen-bond donors (Lipinski definition) is 1. The number of hydrogen-bond acceptors (Lipinski definition) is 1. The number of aromatic nitrogens is 2. The van der Waals surface area contributed by atoms with Crippen LogP contribution in [0.25, 0.3) is 11.3 Å². The standard InChI is InChI=1S/C13H15ClN2/c1-9-3-4-11(7-10(9)2)12-8-15-13(16-12)5-6-14/h3-4,7-8H,5-6H2,1-2H3,(H,15,16). The molecule has 2 rings (SSSR count). The van der Waals surface area contributed by atoms with Crippen molar-refractivity contribution < 1.29 is 0 Å². The van der Waals surface area contributed by atoms with E-state index in [4.69, 9.17) is 11.6 Å². The van der Waals surface area contributed by atoms with E-state index in [2.05, 4.69) is 42.0 Å². The Balaban J connectivity index is 2.31. The number of H-pyrrole nitrogens is 1. The van der Waals surface area contributed by atoms with Gasteiger partial charge in [0.15, 0.2) is 0 Å². The molecule has 1 N–H and O–H groups in total. The molecule has 2 nitrogen and oxygen atoms in total. The quantitative estimate of drug-likeness (QED) is 0.810. The van der Waals surface area contributed by atoms with Gasteiger partial charge in [-0.25, -0.2) is 4.98 Å². The summed E-state index contributed by atoms with van der Waals surface area (Å²) in [5.74, 6) is 1.54. The van der Waals surface area contributed by atoms with Crippen LogP contribution in [0.5, 0.6) is 0 Å². The van der Waals surface area contributed by atoms with Gasteiger partial charge in [0, 0.05) is 12.3 Å². The van der Waals surface area contributed by atoms with E-state index in [1.54, 1.807) is 0 Å². The van der Waals surface area contributed by atoms with Crippen LogP contribution in [0, 0.1) is 13.8 Å². The zero-order valence-electron chi connectivity index (χ0n) is 9.55. The van der Waals surface area contributed by atoms with Gasteiger partial charge in [0.25, 0.3) is 0 Å². The van der Waals surface area contributed by atoms with Gasteiger partial charge in [-0.15, -0.1) is 11.6 Å². The normalized spacial score (nSPS) is 10.7. The SMILES string of the molecule is Cc1ccc(-c2cnc(CCCl)[nH]2)cc1C. The number of alkyl halides is 1. The molecule has 0 atom stereocenters. The van der Waals surface area contributed by atoms with Gasteiger partial charge >= 0.3 is 0 Å². The molecule has 0 fully saturated rings. The van der Waals surface area contributed by atoms with Crippen molar-refractivity contribution in [1.82, 2.24) is 9.97 Å². The van der Waals surface area contributed by atoms with E-state index in [0.717, 1.165) is 17.9 Å². The number of imidazole rings is 1. The molecule has 84 valence electrons. The third-order valence-corrected chi connectivity index (χ3v) is 2.97. The summed E-state index contributed by atoms with van der Waals surface area (Å²) in [6.45, 7) is 4.24. The molecule has 0 aliphatic rings. The molecule has 0 spiro atoms. The smallest absolute Gasteiger partial charge is 0.107 e. The van der Waals surface area contributed by atoms with Crippen molar-refractivity contribution in [3.63, 3.8) is 0 Å². The van der Waals surface area contributed by atoms with E-state index in [9.17, 15) is 0 Å². The highest BCUT2D eigenvalue weighted by atomic mass is 35.5. The molecule has 16 heavy (non-hydrogen) atoms. The van der Waals surface area contributed by atoms with Crippen molar-refractivity contribution >= 4 is 11.6 Å². The molecule has 0 amide bonds. The predicted molar refractivity (Wildman–Crippen MR) is 67.9 cm³/mol. The van der Waals surface area contributed by atoms with Gasteiger partial charge in [-0.2, -0.15) is 0 Å². The van der Waals surface area contributed by atoms with Crippen LogP contribution in [-0.2, 0) is 6.42 Å². The lowest BCUT2D eigenvalue weighted by Crippen LogP contribution is -1.88. The van der Waals surface area contributed by atoms with E-state index in [-0.39, 0.29) is 0 Å². The molecule has 0 unspecified atom stereocenters. The van der Waals surface area contributed by atoms with Gasteiger partial charge in [0.2, 0.25) is 0 Å². The Kier molecular flexibility index (Phi) is 3.30.